The van der Waals surface area contributed by atoms with E-state index in [4.69, 9.17) is 0 Å². The molecular formula is C19H36O2. The highest BCUT2D eigenvalue weighted by molar-refractivity contribution is 5.83. The summed E-state index contributed by atoms with van der Waals surface area (Å²) in [6.07, 6.45) is 17.8. The van der Waals surface area contributed by atoms with E-state index in [2.05, 4.69) is 13.8 Å². The Kier molecular flexibility index (Phi) is 13.8. The molecule has 2 nitrogen and oxygen atoms in total. The zero-order chi connectivity index (χ0) is 15.8. The Hall–Kier alpha value is -0.660. The SMILES string of the molecule is CCCCCCCCC(C=O)(C=O)CCCCCCCC. The normalized spacial score (nSPS) is 11.5. The second kappa shape index (κ2) is 14.3. The van der Waals surface area contributed by atoms with Crippen molar-refractivity contribution in [2.45, 2.75) is 104 Å². The molecule has 124 valence electrons. The molecule has 0 saturated heterocycles. The molecule has 0 atom stereocenters. The summed E-state index contributed by atoms with van der Waals surface area (Å²) in [4.78, 5) is 22.7. The molecule has 0 spiro atoms. The molecule has 0 aromatic carbocycles. The molecule has 0 heterocycles. The van der Waals surface area contributed by atoms with Crippen LogP contribution >= 0.6 is 0 Å². The van der Waals surface area contributed by atoms with Crippen LogP contribution in [0.15, 0.2) is 0 Å². The van der Waals surface area contributed by atoms with Crippen molar-refractivity contribution in [3.63, 3.8) is 0 Å². The lowest BCUT2D eigenvalue weighted by molar-refractivity contribution is -0.127. The van der Waals surface area contributed by atoms with Gasteiger partial charge in [-0.1, -0.05) is 90.9 Å². The molecule has 0 radical (unpaired) electrons. The van der Waals surface area contributed by atoms with Gasteiger partial charge in [0, 0.05) is 0 Å². The second-order valence-electron chi connectivity index (χ2n) is 6.50. The minimum absolute atomic E-state index is 0.685. The van der Waals surface area contributed by atoms with Gasteiger partial charge in [-0.25, -0.2) is 0 Å². The highest BCUT2D eigenvalue weighted by Crippen LogP contribution is 2.28. The molecule has 0 aliphatic heterocycles. The van der Waals surface area contributed by atoms with Crippen molar-refractivity contribution < 1.29 is 9.59 Å². The van der Waals surface area contributed by atoms with Crippen LogP contribution in [-0.2, 0) is 9.59 Å². The molecule has 2 heteroatoms. The van der Waals surface area contributed by atoms with Gasteiger partial charge >= 0.3 is 0 Å². The van der Waals surface area contributed by atoms with E-state index >= 15 is 0 Å². The van der Waals surface area contributed by atoms with Crippen molar-refractivity contribution in [1.82, 2.24) is 0 Å². The van der Waals surface area contributed by atoms with E-state index < -0.39 is 5.41 Å². The molecule has 0 saturated carbocycles. The minimum atomic E-state index is -0.685. The van der Waals surface area contributed by atoms with Crippen molar-refractivity contribution >= 4 is 12.6 Å². The van der Waals surface area contributed by atoms with Gasteiger partial charge in [-0.05, 0) is 12.8 Å². The summed E-state index contributed by atoms with van der Waals surface area (Å²) in [5.41, 5.74) is -0.685. The van der Waals surface area contributed by atoms with Gasteiger partial charge in [-0.2, -0.15) is 0 Å². The first-order chi connectivity index (χ1) is 10.2. The van der Waals surface area contributed by atoms with Gasteiger partial charge in [0.15, 0.2) is 0 Å². The highest BCUT2D eigenvalue weighted by atomic mass is 16.1. The van der Waals surface area contributed by atoms with Crippen molar-refractivity contribution in [2.75, 3.05) is 0 Å². The zero-order valence-corrected chi connectivity index (χ0v) is 14.4. The summed E-state index contributed by atoms with van der Waals surface area (Å²) in [6.45, 7) is 4.43. The number of hydrogen-bond acceptors (Lipinski definition) is 2. The Labute approximate surface area is 132 Å². The fourth-order valence-electron chi connectivity index (χ4n) is 2.86. The van der Waals surface area contributed by atoms with Gasteiger partial charge in [0.05, 0.1) is 5.41 Å². The van der Waals surface area contributed by atoms with Crippen molar-refractivity contribution in [2.24, 2.45) is 5.41 Å². The van der Waals surface area contributed by atoms with E-state index in [1.165, 1.54) is 51.4 Å². The van der Waals surface area contributed by atoms with Gasteiger partial charge in [-0.15, -0.1) is 0 Å². The first kappa shape index (κ1) is 20.3. The molecule has 0 aliphatic carbocycles. The molecule has 0 aliphatic rings. The molecular weight excluding hydrogens is 260 g/mol. The maximum atomic E-state index is 11.4. The standard InChI is InChI=1S/C19H36O2/c1-3-5-7-9-11-13-15-19(17-20,18-21)16-14-12-10-8-6-4-2/h17-18H,3-16H2,1-2H3. The van der Waals surface area contributed by atoms with Crippen LogP contribution in [-0.4, -0.2) is 12.6 Å². The van der Waals surface area contributed by atoms with E-state index in [-0.39, 0.29) is 0 Å². The van der Waals surface area contributed by atoms with E-state index in [0.717, 1.165) is 51.1 Å². The predicted octanol–water partition coefficient (Wildman–Crippen LogP) is 5.87. The van der Waals surface area contributed by atoms with Crippen LogP contribution in [0.25, 0.3) is 0 Å². The van der Waals surface area contributed by atoms with Gasteiger partial charge in [0.25, 0.3) is 0 Å². The monoisotopic (exact) mass is 296 g/mol. The minimum Gasteiger partial charge on any atom is -0.302 e. The van der Waals surface area contributed by atoms with Gasteiger partial charge in [0.2, 0.25) is 0 Å². The Balaban J connectivity index is 3.84. The maximum absolute atomic E-state index is 11.4. The number of carbonyl (C=O) groups excluding carboxylic acids is 2. The van der Waals surface area contributed by atoms with Gasteiger partial charge in [0.1, 0.15) is 12.6 Å². The predicted molar refractivity (Wildman–Crippen MR) is 90.5 cm³/mol. The summed E-state index contributed by atoms with van der Waals surface area (Å²) >= 11 is 0. The first-order valence-corrected chi connectivity index (χ1v) is 9.17. The summed E-state index contributed by atoms with van der Waals surface area (Å²) < 4.78 is 0. The Morgan fingerprint density at radius 3 is 1.24 bits per heavy atom. The van der Waals surface area contributed by atoms with Gasteiger partial charge < -0.3 is 9.59 Å². The number of aldehydes is 2. The quantitative estimate of drug-likeness (QED) is 0.203. The lowest BCUT2D eigenvalue weighted by Gasteiger charge is -2.21. The molecule has 0 fully saturated rings. The fourth-order valence-corrected chi connectivity index (χ4v) is 2.86. The van der Waals surface area contributed by atoms with Crippen LogP contribution in [0.3, 0.4) is 0 Å². The topological polar surface area (TPSA) is 34.1 Å². The molecule has 0 N–H and O–H groups in total. The molecule has 0 bridgehead atoms. The lowest BCUT2D eigenvalue weighted by atomic mass is 9.80. The molecule has 0 rings (SSSR count). The summed E-state index contributed by atoms with van der Waals surface area (Å²) in [5.74, 6) is 0. The van der Waals surface area contributed by atoms with Crippen molar-refractivity contribution in [3.05, 3.63) is 0 Å². The maximum Gasteiger partial charge on any atom is 0.133 e. The first-order valence-electron chi connectivity index (χ1n) is 9.17. The summed E-state index contributed by atoms with van der Waals surface area (Å²) in [6, 6.07) is 0. The Morgan fingerprint density at radius 1 is 0.571 bits per heavy atom. The largest absolute Gasteiger partial charge is 0.302 e. The number of unbranched alkanes of at least 4 members (excludes halogenated alkanes) is 10. The van der Waals surface area contributed by atoms with Crippen LogP contribution in [0.2, 0.25) is 0 Å². The molecule has 0 aromatic rings. The third kappa shape index (κ3) is 10.7. The van der Waals surface area contributed by atoms with Crippen molar-refractivity contribution in [3.8, 4) is 0 Å². The average Bonchev–Trinajstić information content (AvgIpc) is 2.52. The highest BCUT2D eigenvalue weighted by Gasteiger charge is 2.27. The van der Waals surface area contributed by atoms with E-state index in [9.17, 15) is 9.59 Å². The lowest BCUT2D eigenvalue weighted by Crippen LogP contribution is -2.24. The third-order valence-electron chi connectivity index (χ3n) is 4.46. The fraction of sp³-hybridized carbons (Fsp3) is 0.895. The van der Waals surface area contributed by atoms with Crippen LogP contribution in [0.5, 0.6) is 0 Å². The zero-order valence-electron chi connectivity index (χ0n) is 14.4. The molecule has 0 amide bonds. The van der Waals surface area contributed by atoms with Crippen LogP contribution in [0.1, 0.15) is 104 Å². The molecule has 0 aromatic heterocycles. The summed E-state index contributed by atoms with van der Waals surface area (Å²) in [7, 11) is 0. The molecule has 21 heavy (non-hydrogen) atoms. The van der Waals surface area contributed by atoms with Gasteiger partial charge in [-0.3, -0.25) is 0 Å². The number of hydrogen-bond donors (Lipinski definition) is 0. The average molecular weight is 296 g/mol. The number of rotatable bonds is 16. The van der Waals surface area contributed by atoms with Crippen LogP contribution < -0.4 is 0 Å². The van der Waals surface area contributed by atoms with E-state index in [0.29, 0.717) is 0 Å². The van der Waals surface area contributed by atoms with E-state index in [1.807, 2.05) is 0 Å². The van der Waals surface area contributed by atoms with Crippen LogP contribution in [0, 0.1) is 5.41 Å². The molecule has 0 unspecified atom stereocenters. The van der Waals surface area contributed by atoms with Crippen LogP contribution in [0.4, 0.5) is 0 Å². The second-order valence-corrected chi connectivity index (χ2v) is 6.50. The number of carbonyl (C=O) groups is 2. The Bertz CT molecular complexity index is 222. The third-order valence-corrected chi connectivity index (χ3v) is 4.46. The van der Waals surface area contributed by atoms with E-state index in [1.54, 1.807) is 0 Å². The summed E-state index contributed by atoms with van der Waals surface area (Å²) in [5, 5.41) is 0. The Morgan fingerprint density at radius 2 is 0.905 bits per heavy atom. The smallest absolute Gasteiger partial charge is 0.133 e. The van der Waals surface area contributed by atoms with Crippen molar-refractivity contribution in [1.29, 1.82) is 0 Å².